The molecule has 0 aromatic heterocycles. The number of rotatable bonds is 13. The number of hydrogen-bond donors (Lipinski definition) is 3. The lowest BCUT2D eigenvalue weighted by atomic mass is 9.81. The summed E-state index contributed by atoms with van der Waals surface area (Å²) in [6, 6.07) is 8.86. The van der Waals surface area contributed by atoms with Gasteiger partial charge in [0.2, 0.25) is 0 Å². The van der Waals surface area contributed by atoms with Crippen LogP contribution in [-0.2, 0) is 13.0 Å². The fourth-order valence-corrected chi connectivity index (χ4v) is 3.49. The lowest BCUT2D eigenvalue weighted by molar-refractivity contribution is 0.151. The van der Waals surface area contributed by atoms with Gasteiger partial charge < -0.3 is 15.7 Å². The molecule has 3 N–H and O–H groups in total. The van der Waals surface area contributed by atoms with Crippen LogP contribution in [0.25, 0.3) is 0 Å². The van der Waals surface area contributed by atoms with Crippen LogP contribution >= 0.6 is 0 Å². The standard InChI is InChI=1S/C23H42N2O/c1-7-13-22(4,5)15-19-11-10-12-20(14-19)16-24-17-21(26)18-25-23(6,8-2)9-3/h10-12,14,21,24-26H,7-9,13,15-18H2,1-6H3. The molecule has 1 unspecified atom stereocenters. The molecule has 1 aromatic rings. The molecule has 0 bridgehead atoms. The lowest BCUT2D eigenvalue weighted by Crippen LogP contribution is -2.46. The summed E-state index contributed by atoms with van der Waals surface area (Å²) in [5, 5.41) is 17.1. The molecule has 0 saturated heterocycles. The van der Waals surface area contributed by atoms with E-state index in [1.165, 1.54) is 24.0 Å². The minimum Gasteiger partial charge on any atom is -0.390 e. The molecule has 0 radical (unpaired) electrons. The predicted molar refractivity (Wildman–Crippen MR) is 114 cm³/mol. The topological polar surface area (TPSA) is 44.3 Å². The normalized spacial score (nSPS) is 13.8. The van der Waals surface area contributed by atoms with Crippen molar-refractivity contribution in [2.24, 2.45) is 5.41 Å². The number of benzene rings is 1. The third-order valence-corrected chi connectivity index (χ3v) is 5.64. The first kappa shape index (κ1) is 23.1. The monoisotopic (exact) mass is 362 g/mol. The molecule has 1 atom stereocenters. The average Bonchev–Trinajstić information content (AvgIpc) is 2.59. The quantitative estimate of drug-likeness (QED) is 0.477. The second-order valence-corrected chi connectivity index (χ2v) is 8.84. The van der Waals surface area contributed by atoms with Crippen LogP contribution in [0.3, 0.4) is 0 Å². The van der Waals surface area contributed by atoms with E-state index < -0.39 is 0 Å². The van der Waals surface area contributed by atoms with Gasteiger partial charge in [-0.2, -0.15) is 0 Å². The van der Waals surface area contributed by atoms with Crippen molar-refractivity contribution >= 4 is 0 Å². The molecule has 3 heteroatoms. The van der Waals surface area contributed by atoms with Gasteiger partial charge in [0.15, 0.2) is 0 Å². The lowest BCUT2D eigenvalue weighted by Gasteiger charge is -2.29. The molecule has 26 heavy (non-hydrogen) atoms. The highest BCUT2D eigenvalue weighted by Gasteiger charge is 2.20. The summed E-state index contributed by atoms with van der Waals surface area (Å²) in [7, 11) is 0. The maximum absolute atomic E-state index is 10.2. The van der Waals surface area contributed by atoms with E-state index in [0.717, 1.165) is 25.8 Å². The zero-order valence-corrected chi connectivity index (χ0v) is 18.0. The molecule has 150 valence electrons. The van der Waals surface area contributed by atoms with Gasteiger partial charge in [0.05, 0.1) is 6.10 Å². The Morgan fingerprint density at radius 1 is 1.00 bits per heavy atom. The van der Waals surface area contributed by atoms with E-state index in [-0.39, 0.29) is 11.6 Å². The molecule has 0 heterocycles. The summed E-state index contributed by atoms with van der Waals surface area (Å²) < 4.78 is 0. The zero-order chi connectivity index (χ0) is 19.6. The highest BCUT2D eigenvalue weighted by molar-refractivity contribution is 5.24. The van der Waals surface area contributed by atoms with Crippen LogP contribution in [0.2, 0.25) is 0 Å². The van der Waals surface area contributed by atoms with Crippen LogP contribution in [-0.4, -0.2) is 29.8 Å². The van der Waals surface area contributed by atoms with Gasteiger partial charge >= 0.3 is 0 Å². The minimum absolute atomic E-state index is 0.126. The first-order valence-electron chi connectivity index (χ1n) is 10.4. The average molecular weight is 363 g/mol. The molecular formula is C23H42N2O. The van der Waals surface area contributed by atoms with Gasteiger partial charge in [-0.05, 0) is 49.1 Å². The summed E-state index contributed by atoms with van der Waals surface area (Å²) in [5.74, 6) is 0. The molecule has 0 aliphatic rings. The van der Waals surface area contributed by atoms with Crippen molar-refractivity contribution in [3.05, 3.63) is 35.4 Å². The Morgan fingerprint density at radius 2 is 1.65 bits per heavy atom. The van der Waals surface area contributed by atoms with E-state index in [2.05, 4.69) is 76.4 Å². The van der Waals surface area contributed by atoms with Crippen molar-refractivity contribution in [3.8, 4) is 0 Å². The Bertz CT molecular complexity index is 509. The van der Waals surface area contributed by atoms with Crippen molar-refractivity contribution in [1.29, 1.82) is 0 Å². The molecule has 0 amide bonds. The fourth-order valence-electron chi connectivity index (χ4n) is 3.49. The molecule has 0 saturated carbocycles. The Morgan fingerprint density at radius 3 is 2.27 bits per heavy atom. The second kappa shape index (κ2) is 11.1. The maximum atomic E-state index is 10.2. The van der Waals surface area contributed by atoms with Crippen molar-refractivity contribution in [1.82, 2.24) is 10.6 Å². The summed E-state index contributed by atoms with van der Waals surface area (Å²) in [6.45, 7) is 15.6. The number of aliphatic hydroxyl groups is 1. The minimum atomic E-state index is -0.362. The number of β-amino-alcohol motifs (C(OH)–C–C–N with tert-alkyl or cyclic N) is 1. The molecule has 0 aliphatic carbocycles. The molecular weight excluding hydrogens is 320 g/mol. The molecule has 1 aromatic carbocycles. The number of aliphatic hydroxyl groups excluding tert-OH is 1. The Balaban J connectivity index is 2.42. The van der Waals surface area contributed by atoms with E-state index in [9.17, 15) is 5.11 Å². The molecule has 0 aliphatic heterocycles. The largest absolute Gasteiger partial charge is 0.390 e. The van der Waals surface area contributed by atoms with Crippen LogP contribution in [0, 0.1) is 5.41 Å². The van der Waals surface area contributed by atoms with Gasteiger partial charge in [-0.15, -0.1) is 0 Å². The maximum Gasteiger partial charge on any atom is 0.0789 e. The van der Waals surface area contributed by atoms with E-state index >= 15 is 0 Å². The van der Waals surface area contributed by atoms with Crippen molar-refractivity contribution < 1.29 is 5.11 Å². The van der Waals surface area contributed by atoms with E-state index in [0.29, 0.717) is 18.5 Å². The van der Waals surface area contributed by atoms with Gasteiger partial charge in [0.1, 0.15) is 0 Å². The number of hydrogen-bond acceptors (Lipinski definition) is 3. The Hall–Kier alpha value is -0.900. The van der Waals surface area contributed by atoms with Crippen LogP contribution in [0.1, 0.15) is 78.4 Å². The van der Waals surface area contributed by atoms with Crippen molar-refractivity contribution in [2.75, 3.05) is 13.1 Å². The van der Waals surface area contributed by atoms with Crippen molar-refractivity contribution in [2.45, 2.75) is 91.8 Å². The van der Waals surface area contributed by atoms with Gasteiger partial charge in [0.25, 0.3) is 0 Å². The fraction of sp³-hybridized carbons (Fsp3) is 0.739. The van der Waals surface area contributed by atoms with E-state index in [4.69, 9.17) is 0 Å². The summed E-state index contributed by atoms with van der Waals surface area (Å²) in [6.07, 6.45) is 5.39. The zero-order valence-electron chi connectivity index (χ0n) is 18.0. The molecule has 3 nitrogen and oxygen atoms in total. The van der Waals surface area contributed by atoms with Crippen LogP contribution in [0.5, 0.6) is 0 Å². The van der Waals surface area contributed by atoms with Crippen molar-refractivity contribution in [3.63, 3.8) is 0 Å². The van der Waals surface area contributed by atoms with E-state index in [1.54, 1.807) is 0 Å². The summed E-state index contributed by atoms with van der Waals surface area (Å²) in [4.78, 5) is 0. The first-order valence-corrected chi connectivity index (χ1v) is 10.4. The van der Waals surface area contributed by atoms with Crippen LogP contribution in [0.15, 0.2) is 24.3 Å². The van der Waals surface area contributed by atoms with Gasteiger partial charge in [-0.25, -0.2) is 0 Å². The van der Waals surface area contributed by atoms with Gasteiger partial charge in [-0.1, -0.05) is 65.3 Å². The highest BCUT2D eigenvalue weighted by atomic mass is 16.3. The molecule has 0 fully saturated rings. The van der Waals surface area contributed by atoms with Crippen LogP contribution in [0.4, 0.5) is 0 Å². The highest BCUT2D eigenvalue weighted by Crippen LogP contribution is 2.27. The summed E-state index contributed by atoms with van der Waals surface area (Å²) in [5.41, 5.74) is 3.18. The Labute approximate surface area is 162 Å². The Kier molecular flexibility index (Phi) is 9.84. The second-order valence-electron chi connectivity index (χ2n) is 8.84. The smallest absolute Gasteiger partial charge is 0.0789 e. The SMILES string of the molecule is CCCC(C)(C)Cc1cccc(CNCC(O)CNC(C)(CC)CC)c1. The predicted octanol–water partition coefficient (Wildman–Crippen LogP) is 4.67. The third-order valence-electron chi connectivity index (χ3n) is 5.64. The number of nitrogens with one attached hydrogen (secondary N) is 2. The summed E-state index contributed by atoms with van der Waals surface area (Å²) >= 11 is 0. The van der Waals surface area contributed by atoms with E-state index in [1.807, 2.05) is 0 Å². The van der Waals surface area contributed by atoms with Gasteiger partial charge in [0, 0.05) is 25.2 Å². The molecule has 1 rings (SSSR count). The first-order chi connectivity index (χ1) is 12.2. The van der Waals surface area contributed by atoms with Gasteiger partial charge in [-0.3, -0.25) is 0 Å². The molecule has 0 spiro atoms. The third kappa shape index (κ3) is 8.66. The van der Waals surface area contributed by atoms with Crippen LogP contribution < -0.4 is 10.6 Å².